The van der Waals surface area contributed by atoms with Gasteiger partial charge >= 0.3 is 12.1 Å². The predicted octanol–water partition coefficient (Wildman–Crippen LogP) is -0.306. The Kier molecular flexibility index (Phi) is 3.25. The molecule has 0 saturated heterocycles. The molecule has 0 spiro atoms. The van der Waals surface area contributed by atoms with Gasteiger partial charge in [0.15, 0.2) is 12.1 Å². The molecule has 0 aromatic carbocycles. The van der Waals surface area contributed by atoms with Crippen LogP contribution in [0.3, 0.4) is 0 Å². The molecule has 0 aromatic rings. The van der Waals surface area contributed by atoms with Crippen LogP contribution >= 0.6 is 0 Å². The third-order valence-corrected chi connectivity index (χ3v) is 2.17. The third kappa shape index (κ3) is 1.91. The molecule has 1 N–H and O–H groups in total. The van der Waals surface area contributed by atoms with Gasteiger partial charge in [-0.25, -0.2) is 9.59 Å². The van der Waals surface area contributed by atoms with E-state index in [0.29, 0.717) is 0 Å². The maximum Gasteiger partial charge on any atom is 0.347 e. The van der Waals surface area contributed by atoms with Gasteiger partial charge in [0.2, 0.25) is 0 Å². The van der Waals surface area contributed by atoms with Crippen molar-refractivity contribution in [2.75, 3.05) is 28.3 Å². The van der Waals surface area contributed by atoms with Crippen molar-refractivity contribution >= 4 is 17.9 Å². The van der Waals surface area contributed by atoms with E-state index in [-0.39, 0.29) is 11.9 Å². The topological polar surface area (TPSA) is 74.2 Å². The van der Waals surface area contributed by atoms with E-state index in [1.54, 1.807) is 7.05 Å². The van der Waals surface area contributed by atoms with Gasteiger partial charge in [0.05, 0.1) is 0 Å². The van der Waals surface area contributed by atoms with Crippen LogP contribution in [0.4, 0.5) is 9.59 Å². The van der Waals surface area contributed by atoms with Gasteiger partial charge in [-0.1, -0.05) is 0 Å². The fraction of sp³-hybridized carbons (Fsp3) is 0.625. The molecule has 0 fully saturated rings. The minimum Gasteiger partial charge on any atom is -0.354 e. The summed E-state index contributed by atoms with van der Waals surface area (Å²) in [5, 5.41) is 2.44. The maximum absolute atomic E-state index is 11.3. The largest absolute Gasteiger partial charge is 0.354 e. The zero-order chi connectivity index (χ0) is 11.6. The average molecular weight is 214 g/mol. The second kappa shape index (κ2) is 4.26. The van der Waals surface area contributed by atoms with Crippen LogP contribution in [-0.2, 0) is 4.74 Å². The molecular weight excluding hydrogens is 200 g/mol. The van der Waals surface area contributed by atoms with Crippen LogP contribution in [0.25, 0.3) is 0 Å². The Morgan fingerprint density at radius 3 is 2.73 bits per heavy atom. The first-order valence-electron chi connectivity index (χ1n) is 4.36. The zero-order valence-corrected chi connectivity index (χ0v) is 9.14. The lowest BCUT2D eigenvalue weighted by atomic mass is 10.4. The first kappa shape index (κ1) is 11.4. The zero-order valence-electron chi connectivity index (χ0n) is 9.14. The standard InChI is InChI=1S/C8H14N4O3/c1-9-7(13)11(2)5-6(15-4)12(3)8(14)10-5/h6H,1-4H3,(H,9,13)/t6-/m0/s1. The summed E-state index contributed by atoms with van der Waals surface area (Å²) in [7, 11) is 6.04. The highest BCUT2D eigenvalue weighted by Gasteiger charge is 2.35. The smallest absolute Gasteiger partial charge is 0.347 e. The first-order valence-corrected chi connectivity index (χ1v) is 4.36. The van der Waals surface area contributed by atoms with Gasteiger partial charge in [-0.2, -0.15) is 4.99 Å². The molecular formula is C8H14N4O3. The third-order valence-electron chi connectivity index (χ3n) is 2.17. The van der Waals surface area contributed by atoms with Crippen molar-refractivity contribution in [3.63, 3.8) is 0 Å². The van der Waals surface area contributed by atoms with E-state index in [4.69, 9.17) is 4.74 Å². The number of carbonyl (C=O) groups excluding carboxylic acids is 2. The number of nitrogens with one attached hydrogen (secondary N) is 1. The highest BCUT2D eigenvalue weighted by atomic mass is 16.5. The monoisotopic (exact) mass is 214 g/mol. The van der Waals surface area contributed by atoms with Gasteiger partial charge in [-0.15, -0.1) is 0 Å². The van der Waals surface area contributed by atoms with E-state index in [0.717, 1.165) is 0 Å². The molecule has 1 heterocycles. The number of aliphatic imine (C=N–C) groups is 1. The van der Waals surface area contributed by atoms with Gasteiger partial charge in [0.25, 0.3) is 0 Å². The van der Waals surface area contributed by atoms with Crippen molar-refractivity contribution in [2.24, 2.45) is 4.99 Å². The summed E-state index contributed by atoms with van der Waals surface area (Å²) < 4.78 is 5.07. The lowest BCUT2D eigenvalue weighted by molar-refractivity contribution is 0.0591. The first-order chi connectivity index (χ1) is 7.02. The van der Waals surface area contributed by atoms with Crippen LogP contribution in [0.5, 0.6) is 0 Å². The van der Waals surface area contributed by atoms with Gasteiger partial charge in [-0.05, 0) is 0 Å². The van der Waals surface area contributed by atoms with Gasteiger partial charge in [0, 0.05) is 28.3 Å². The van der Waals surface area contributed by atoms with Crippen LogP contribution < -0.4 is 5.32 Å². The fourth-order valence-electron chi connectivity index (χ4n) is 1.28. The number of carbonyl (C=O) groups is 2. The van der Waals surface area contributed by atoms with Crippen molar-refractivity contribution in [3.8, 4) is 0 Å². The summed E-state index contributed by atoms with van der Waals surface area (Å²) in [6.07, 6.45) is -0.611. The molecule has 4 amide bonds. The summed E-state index contributed by atoms with van der Waals surface area (Å²) in [4.78, 5) is 28.9. The van der Waals surface area contributed by atoms with Crippen LogP contribution in [0.15, 0.2) is 4.99 Å². The Bertz CT molecular complexity index is 315. The maximum atomic E-state index is 11.3. The molecule has 1 atom stereocenters. The van der Waals surface area contributed by atoms with Crippen molar-refractivity contribution in [1.29, 1.82) is 0 Å². The number of nitrogens with zero attached hydrogens (tertiary/aromatic N) is 3. The molecule has 0 aromatic heterocycles. The van der Waals surface area contributed by atoms with E-state index in [1.165, 1.54) is 31.0 Å². The normalized spacial score (nSPS) is 20.3. The molecule has 7 heteroatoms. The second-order valence-electron chi connectivity index (χ2n) is 3.07. The molecule has 0 unspecified atom stereocenters. The molecule has 15 heavy (non-hydrogen) atoms. The highest BCUT2D eigenvalue weighted by molar-refractivity contribution is 6.08. The number of amides is 4. The van der Waals surface area contributed by atoms with Crippen molar-refractivity contribution < 1.29 is 14.3 Å². The minimum atomic E-state index is -0.611. The highest BCUT2D eigenvalue weighted by Crippen LogP contribution is 2.13. The molecule has 0 saturated carbocycles. The summed E-state index contributed by atoms with van der Waals surface area (Å²) in [5.74, 6) is 0.282. The Morgan fingerprint density at radius 2 is 2.27 bits per heavy atom. The molecule has 1 aliphatic rings. The lowest BCUT2D eigenvalue weighted by Gasteiger charge is -2.23. The lowest BCUT2D eigenvalue weighted by Crippen LogP contribution is -2.47. The molecule has 0 bridgehead atoms. The number of hydrogen-bond donors (Lipinski definition) is 1. The van der Waals surface area contributed by atoms with Crippen molar-refractivity contribution in [1.82, 2.24) is 15.1 Å². The van der Waals surface area contributed by atoms with Crippen LogP contribution in [0, 0.1) is 0 Å². The van der Waals surface area contributed by atoms with Crippen LogP contribution in [0.2, 0.25) is 0 Å². The van der Waals surface area contributed by atoms with Crippen molar-refractivity contribution in [2.45, 2.75) is 6.23 Å². The number of methoxy groups -OCH3 is 1. The molecule has 84 valence electrons. The van der Waals surface area contributed by atoms with Crippen molar-refractivity contribution in [3.05, 3.63) is 0 Å². The Hall–Kier alpha value is -1.63. The Labute approximate surface area is 87.7 Å². The van der Waals surface area contributed by atoms with E-state index < -0.39 is 12.3 Å². The Morgan fingerprint density at radius 1 is 1.67 bits per heavy atom. The summed E-state index contributed by atoms with van der Waals surface area (Å²) in [5.41, 5.74) is 0. The van der Waals surface area contributed by atoms with Gasteiger partial charge < -0.3 is 10.1 Å². The molecule has 7 nitrogen and oxygen atoms in total. The molecule has 0 radical (unpaired) electrons. The minimum absolute atomic E-state index is 0.282. The van der Waals surface area contributed by atoms with E-state index in [9.17, 15) is 9.59 Å². The number of rotatable bonds is 1. The average Bonchev–Trinajstić information content (AvgIpc) is 2.53. The molecule has 0 aliphatic carbocycles. The molecule has 1 rings (SSSR count). The van der Waals surface area contributed by atoms with Crippen LogP contribution in [-0.4, -0.2) is 62.2 Å². The van der Waals surface area contributed by atoms with E-state index >= 15 is 0 Å². The van der Waals surface area contributed by atoms with E-state index in [1.807, 2.05) is 0 Å². The van der Waals surface area contributed by atoms with Gasteiger partial charge in [0.1, 0.15) is 0 Å². The summed E-state index contributed by atoms with van der Waals surface area (Å²) in [6, 6.07) is -0.772. The summed E-state index contributed by atoms with van der Waals surface area (Å²) >= 11 is 0. The predicted molar refractivity (Wildman–Crippen MR) is 53.6 cm³/mol. The number of amidine groups is 1. The fourth-order valence-corrected chi connectivity index (χ4v) is 1.28. The second-order valence-corrected chi connectivity index (χ2v) is 3.07. The SMILES string of the molecule is CNC(=O)N(C)C1=NC(=O)N(C)[C@H]1OC. The number of likely N-dealkylation sites (N-methyl/N-ethyl adjacent to an activating group) is 2. The van der Waals surface area contributed by atoms with E-state index in [2.05, 4.69) is 10.3 Å². The number of hydrogen-bond acceptors (Lipinski definition) is 3. The molecule has 1 aliphatic heterocycles. The number of urea groups is 2. The number of ether oxygens (including phenoxy) is 1. The van der Waals surface area contributed by atoms with Crippen LogP contribution in [0.1, 0.15) is 0 Å². The Balaban J connectivity index is 2.89. The quantitative estimate of drug-likeness (QED) is 0.650. The summed E-state index contributed by atoms with van der Waals surface area (Å²) in [6.45, 7) is 0. The van der Waals surface area contributed by atoms with Gasteiger partial charge in [-0.3, -0.25) is 9.80 Å².